The molecule has 46 heavy (non-hydrogen) atoms. The number of Topliss-reactive ketones (excluding diaryl/α,β-unsaturated/α-hetero) is 1. The number of urea groups is 1. The molecular formula is C31H55N7O7S. The lowest BCUT2D eigenvalue weighted by Gasteiger charge is -2.39. The van der Waals surface area contributed by atoms with E-state index in [-0.39, 0.29) is 29.7 Å². The Morgan fingerprint density at radius 3 is 2.00 bits per heavy atom. The molecule has 3 aliphatic rings. The van der Waals surface area contributed by atoms with E-state index in [0.717, 1.165) is 23.6 Å². The maximum absolute atomic E-state index is 14.3. The number of piperidine rings is 1. The first-order chi connectivity index (χ1) is 20.9. The summed E-state index contributed by atoms with van der Waals surface area (Å²) in [6, 6.07) is -4.28. The van der Waals surface area contributed by atoms with Gasteiger partial charge in [-0.15, -0.1) is 0 Å². The van der Waals surface area contributed by atoms with Gasteiger partial charge in [-0.3, -0.25) is 19.2 Å². The third-order valence-electron chi connectivity index (χ3n) is 10.1. The van der Waals surface area contributed by atoms with Crippen LogP contribution >= 0.6 is 0 Å². The number of rotatable bonds is 13. The van der Waals surface area contributed by atoms with Crippen LogP contribution in [0.25, 0.3) is 0 Å². The highest BCUT2D eigenvalue weighted by atomic mass is 32.2. The molecule has 6 atom stereocenters. The van der Waals surface area contributed by atoms with E-state index in [4.69, 9.17) is 5.73 Å². The van der Waals surface area contributed by atoms with Crippen LogP contribution < -0.4 is 26.4 Å². The van der Waals surface area contributed by atoms with Crippen LogP contribution in [0.4, 0.5) is 4.79 Å². The van der Waals surface area contributed by atoms with Crippen molar-refractivity contribution in [2.24, 2.45) is 39.7 Å². The minimum absolute atomic E-state index is 0.0496. The number of nitrogens with one attached hydrogen (secondary N) is 4. The van der Waals surface area contributed by atoms with E-state index >= 15 is 0 Å². The number of nitrogens with two attached hydrogens (primary N) is 1. The summed E-state index contributed by atoms with van der Waals surface area (Å²) in [5.74, 6) is -2.81. The van der Waals surface area contributed by atoms with Gasteiger partial charge in [0, 0.05) is 33.2 Å². The molecule has 0 aromatic rings. The molecule has 3 fully saturated rings. The first-order valence-corrected chi connectivity index (χ1v) is 17.5. The summed E-state index contributed by atoms with van der Waals surface area (Å²) in [5.41, 5.74) is 3.79. The molecule has 0 radical (unpaired) electrons. The molecular weight excluding hydrogens is 614 g/mol. The van der Waals surface area contributed by atoms with Crippen molar-refractivity contribution in [3.05, 3.63) is 0 Å². The van der Waals surface area contributed by atoms with Crippen LogP contribution in [0.5, 0.6) is 0 Å². The van der Waals surface area contributed by atoms with E-state index in [1.807, 2.05) is 34.6 Å². The molecule has 2 aliphatic carbocycles. The van der Waals surface area contributed by atoms with Crippen molar-refractivity contribution >= 4 is 39.7 Å². The second kappa shape index (κ2) is 13.4. The molecule has 1 heterocycles. The number of hydrogen-bond donors (Lipinski definition) is 5. The van der Waals surface area contributed by atoms with Crippen LogP contribution in [0.2, 0.25) is 0 Å². The monoisotopic (exact) mass is 669 g/mol. The first-order valence-electron chi connectivity index (χ1n) is 16.1. The zero-order chi connectivity index (χ0) is 35.2. The number of primary amides is 1. The summed E-state index contributed by atoms with van der Waals surface area (Å²) >= 11 is 0. The predicted octanol–water partition coefficient (Wildman–Crippen LogP) is 0.723. The molecule has 1 saturated heterocycles. The lowest BCUT2D eigenvalue weighted by atomic mass is 9.80. The highest BCUT2D eigenvalue weighted by Crippen LogP contribution is 2.65. The Morgan fingerprint density at radius 2 is 1.54 bits per heavy atom. The first kappa shape index (κ1) is 37.7. The lowest BCUT2D eigenvalue weighted by molar-refractivity contribution is -0.145. The van der Waals surface area contributed by atoms with Crippen LogP contribution in [0.1, 0.15) is 81.1 Å². The average molecular weight is 670 g/mol. The Bertz CT molecular complexity index is 1310. The largest absolute Gasteiger partial charge is 0.363 e. The number of hydrogen-bond acceptors (Lipinski definition) is 7. The topological polar surface area (TPSA) is 200 Å². The van der Waals surface area contributed by atoms with Crippen LogP contribution in [-0.4, -0.2) is 98.5 Å². The molecule has 0 bridgehead atoms. The zero-order valence-electron chi connectivity index (χ0n) is 29.0. The van der Waals surface area contributed by atoms with Gasteiger partial charge in [-0.1, -0.05) is 74.7 Å². The second-order valence-electron chi connectivity index (χ2n) is 16.2. The molecule has 2 saturated carbocycles. The third-order valence-corrected chi connectivity index (χ3v) is 11.6. The Kier molecular flexibility index (Phi) is 11.0. The summed E-state index contributed by atoms with van der Waals surface area (Å²) in [6.45, 7) is 15.3. The van der Waals surface area contributed by atoms with Gasteiger partial charge < -0.3 is 26.6 Å². The number of carbonyl (C=O) groups excluding carboxylic acids is 5. The maximum Gasteiger partial charge on any atom is 0.315 e. The molecule has 0 aromatic heterocycles. The van der Waals surface area contributed by atoms with Gasteiger partial charge in [-0.25, -0.2) is 9.52 Å². The fourth-order valence-electron chi connectivity index (χ4n) is 6.57. The number of likely N-dealkylation sites (tertiary alicyclic amines) is 1. The Morgan fingerprint density at radius 1 is 0.957 bits per heavy atom. The van der Waals surface area contributed by atoms with Crippen LogP contribution in [-0.2, 0) is 29.4 Å². The van der Waals surface area contributed by atoms with Crippen LogP contribution in [0.3, 0.4) is 0 Å². The van der Waals surface area contributed by atoms with Crippen molar-refractivity contribution in [2.75, 3.05) is 27.2 Å². The number of carbonyl (C=O) groups is 5. The SMILES string of the molecule is CN(C)S(=O)(=O)NC[C@@H](NC(=O)N[C@H](C(=O)N1C[C@H]2[C@@H]([C@H]1C(=O)NC(CC1CCC1)C(=O)C(N)=O)C2(C)C)C(C)(C)C)C(C)(C)C. The standard InChI is InChI=1S/C31H55N7O7S/c1-29(2,3)20(15-33-46(44,45)37(9)10)35-28(43)36-24(30(4,5)6)27(42)38-16-18-21(31(18,7)8)22(38)26(41)34-19(23(39)25(32)40)14-17-12-11-13-17/h17-22,24,33H,11-16H2,1-10H3,(H2,32,40)(H,34,41)(H2,35,36,43)/t18-,19?,20+,21-,22-,24+/m0/s1. The van der Waals surface area contributed by atoms with Gasteiger partial charge in [0.15, 0.2) is 0 Å². The molecule has 14 nitrogen and oxygen atoms in total. The van der Waals surface area contributed by atoms with E-state index in [1.54, 1.807) is 20.8 Å². The average Bonchev–Trinajstić information content (AvgIpc) is 3.20. The van der Waals surface area contributed by atoms with Gasteiger partial charge in [0.1, 0.15) is 12.1 Å². The summed E-state index contributed by atoms with van der Waals surface area (Å²) in [4.78, 5) is 67.6. The quantitative estimate of drug-likeness (QED) is 0.178. The van der Waals surface area contributed by atoms with Gasteiger partial charge in [0.05, 0.1) is 6.04 Å². The summed E-state index contributed by atoms with van der Waals surface area (Å²) < 4.78 is 28.2. The second-order valence-corrected chi connectivity index (χ2v) is 18.2. The molecule has 0 spiro atoms. The fraction of sp³-hybridized carbons (Fsp3) is 0.839. The van der Waals surface area contributed by atoms with E-state index in [0.29, 0.717) is 13.0 Å². The Labute approximate surface area is 273 Å². The molecule has 3 rings (SSSR count). The summed E-state index contributed by atoms with van der Waals surface area (Å²) in [5, 5.41) is 8.41. The van der Waals surface area contributed by atoms with Crippen molar-refractivity contribution in [1.82, 2.24) is 29.9 Å². The van der Waals surface area contributed by atoms with E-state index in [9.17, 15) is 32.4 Å². The van der Waals surface area contributed by atoms with Crippen molar-refractivity contribution < 1.29 is 32.4 Å². The van der Waals surface area contributed by atoms with Crippen molar-refractivity contribution in [3.63, 3.8) is 0 Å². The normalized spacial score (nSPS) is 24.7. The maximum atomic E-state index is 14.3. The van der Waals surface area contributed by atoms with Gasteiger partial charge in [-0.2, -0.15) is 12.7 Å². The number of fused-ring (bicyclic) bond motifs is 1. The smallest absolute Gasteiger partial charge is 0.315 e. The van der Waals surface area contributed by atoms with Crippen LogP contribution in [0.15, 0.2) is 0 Å². The van der Waals surface area contributed by atoms with E-state index in [2.05, 4.69) is 20.7 Å². The van der Waals surface area contributed by atoms with Gasteiger partial charge in [-0.05, 0) is 40.4 Å². The highest BCUT2D eigenvalue weighted by molar-refractivity contribution is 7.87. The zero-order valence-corrected chi connectivity index (χ0v) is 29.8. The molecule has 5 amide bonds. The van der Waals surface area contributed by atoms with Gasteiger partial charge in [0.25, 0.3) is 16.1 Å². The number of nitrogens with zero attached hydrogens (tertiary/aromatic N) is 2. The summed E-state index contributed by atoms with van der Waals surface area (Å²) in [7, 11) is -0.947. The van der Waals surface area contributed by atoms with Crippen molar-refractivity contribution in [1.29, 1.82) is 0 Å². The molecule has 1 unspecified atom stereocenters. The Balaban J connectivity index is 1.81. The minimum atomic E-state index is -3.74. The van der Waals surface area contributed by atoms with Gasteiger partial charge >= 0.3 is 6.03 Å². The minimum Gasteiger partial charge on any atom is -0.363 e. The lowest BCUT2D eigenvalue weighted by Crippen LogP contribution is -2.63. The van der Waals surface area contributed by atoms with E-state index in [1.165, 1.54) is 19.0 Å². The molecule has 1 aliphatic heterocycles. The molecule has 262 valence electrons. The Hall–Kier alpha value is -2.78. The van der Waals surface area contributed by atoms with Gasteiger partial charge in [0.2, 0.25) is 17.6 Å². The molecule has 6 N–H and O–H groups in total. The fourth-order valence-corrected chi connectivity index (χ4v) is 7.21. The number of ketones is 1. The predicted molar refractivity (Wildman–Crippen MR) is 173 cm³/mol. The molecule has 15 heteroatoms. The molecule has 0 aromatic carbocycles. The van der Waals surface area contributed by atoms with Crippen molar-refractivity contribution in [2.45, 2.75) is 105 Å². The number of amides is 5. The summed E-state index contributed by atoms with van der Waals surface area (Å²) in [6.07, 6.45) is 3.15. The third kappa shape index (κ3) is 8.38. The van der Waals surface area contributed by atoms with E-state index < -0.39 is 74.7 Å². The highest BCUT2D eigenvalue weighted by Gasteiger charge is 2.70. The van der Waals surface area contributed by atoms with Crippen molar-refractivity contribution in [3.8, 4) is 0 Å². The van der Waals surface area contributed by atoms with Crippen LogP contribution in [0, 0.1) is 34.0 Å².